The number of nitro groups is 1. The number of hydrogen-bond donors (Lipinski definition) is 2. The summed E-state index contributed by atoms with van der Waals surface area (Å²) < 4.78 is 41.8. The molecule has 0 aromatic heterocycles. The number of nitrogens with zero attached hydrogens (tertiary/aromatic N) is 1. The normalized spacial score (nSPS) is 11.1. The molecule has 8 nitrogen and oxygen atoms in total. The Morgan fingerprint density at radius 1 is 0.949 bits per heavy atom. The highest BCUT2D eigenvalue weighted by atomic mass is 79.9. The standard InChI is InChI=1S/C27H21BrFN3O5S2/c28-23-3-1-2-4-26(23)38-16-15-30-24-14-13-22(17-25(24)32(34)35)39(36,37)31-27(33)20-7-5-18(6-8-20)19-9-11-21(29)12-10-19/h1-14,17,30H,15-16H2,(H,31,33). The number of amides is 1. The molecule has 0 saturated heterocycles. The molecule has 2 N–H and O–H groups in total. The van der Waals surface area contributed by atoms with E-state index in [0.29, 0.717) is 17.9 Å². The highest BCUT2D eigenvalue weighted by Crippen LogP contribution is 2.30. The van der Waals surface area contributed by atoms with Gasteiger partial charge in [-0.1, -0.05) is 36.4 Å². The average Bonchev–Trinajstić information content (AvgIpc) is 2.92. The van der Waals surface area contributed by atoms with Crippen LogP contribution in [-0.4, -0.2) is 31.5 Å². The van der Waals surface area contributed by atoms with E-state index < -0.39 is 31.4 Å². The quantitative estimate of drug-likeness (QED) is 0.0891. The molecule has 39 heavy (non-hydrogen) atoms. The van der Waals surface area contributed by atoms with E-state index in [-0.39, 0.29) is 17.1 Å². The first-order valence-electron chi connectivity index (χ1n) is 11.5. The van der Waals surface area contributed by atoms with E-state index in [1.54, 1.807) is 36.0 Å². The smallest absolute Gasteiger partial charge is 0.293 e. The van der Waals surface area contributed by atoms with Crippen molar-refractivity contribution in [2.75, 3.05) is 17.6 Å². The van der Waals surface area contributed by atoms with Gasteiger partial charge in [-0.05, 0) is 75.6 Å². The Balaban J connectivity index is 1.43. The summed E-state index contributed by atoms with van der Waals surface area (Å²) in [5.41, 5.74) is 1.24. The number of sulfonamides is 1. The largest absolute Gasteiger partial charge is 0.379 e. The predicted octanol–water partition coefficient (Wildman–Crippen LogP) is 6.49. The summed E-state index contributed by atoms with van der Waals surface area (Å²) in [6.07, 6.45) is 0. The van der Waals surface area contributed by atoms with E-state index in [2.05, 4.69) is 21.2 Å². The zero-order chi connectivity index (χ0) is 28.0. The predicted molar refractivity (Wildman–Crippen MR) is 153 cm³/mol. The maximum absolute atomic E-state index is 13.1. The maximum atomic E-state index is 13.1. The second-order valence-electron chi connectivity index (χ2n) is 8.16. The summed E-state index contributed by atoms with van der Waals surface area (Å²) in [5.74, 6) is -0.662. The minimum atomic E-state index is -4.40. The molecule has 4 aromatic carbocycles. The van der Waals surface area contributed by atoms with E-state index in [1.807, 2.05) is 29.0 Å². The summed E-state index contributed by atoms with van der Waals surface area (Å²) in [6.45, 7) is 0.392. The Morgan fingerprint density at radius 2 is 1.59 bits per heavy atom. The lowest BCUT2D eigenvalue weighted by Crippen LogP contribution is -2.30. The van der Waals surface area contributed by atoms with Crippen molar-refractivity contribution in [3.05, 3.63) is 117 Å². The number of benzene rings is 4. The van der Waals surface area contributed by atoms with Gasteiger partial charge in [0.15, 0.2) is 0 Å². The minimum Gasteiger partial charge on any atom is -0.379 e. The van der Waals surface area contributed by atoms with Gasteiger partial charge in [-0.2, -0.15) is 0 Å². The third-order valence-electron chi connectivity index (χ3n) is 5.54. The Kier molecular flexibility index (Phi) is 9.00. The van der Waals surface area contributed by atoms with Gasteiger partial charge in [-0.3, -0.25) is 14.9 Å². The van der Waals surface area contributed by atoms with Crippen LogP contribution in [0.3, 0.4) is 0 Å². The fraction of sp³-hybridized carbons (Fsp3) is 0.0741. The molecule has 0 aliphatic carbocycles. The van der Waals surface area contributed by atoms with Crippen LogP contribution in [0.5, 0.6) is 0 Å². The number of nitrogens with one attached hydrogen (secondary N) is 2. The van der Waals surface area contributed by atoms with Gasteiger partial charge in [0.05, 0.1) is 9.82 Å². The summed E-state index contributed by atoms with van der Waals surface area (Å²) >= 11 is 5.02. The van der Waals surface area contributed by atoms with Crippen molar-refractivity contribution in [1.29, 1.82) is 0 Å². The van der Waals surface area contributed by atoms with Crippen LogP contribution in [0.4, 0.5) is 15.8 Å². The summed E-state index contributed by atoms with van der Waals surface area (Å²) in [7, 11) is -4.40. The number of rotatable bonds is 10. The number of carbonyl (C=O) groups is 1. The monoisotopic (exact) mass is 629 g/mol. The third-order valence-corrected chi connectivity index (χ3v) is 8.90. The van der Waals surface area contributed by atoms with Crippen LogP contribution in [-0.2, 0) is 10.0 Å². The van der Waals surface area contributed by atoms with Crippen LogP contribution in [0.25, 0.3) is 11.1 Å². The molecule has 0 saturated carbocycles. The Morgan fingerprint density at radius 3 is 2.23 bits per heavy atom. The molecule has 0 unspecified atom stereocenters. The molecule has 4 aromatic rings. The van der Waals surface area contributed by atoms with E-state index in [9.17, 15) is 27.7 Å². The zero-order valence-corrected chi connectivity index (χ0v) is 23.4. The van der Waals surface area contributed by atoms with Crippen LogP contribution in [0.15, 0.2) is 105 Å². The number of thioether (sulfide) groups is 1. The van der Waals surface area contributed by atoms with Crippen molar-refractivity contribution in [3.63, 3.8) is 0 Å². The second kappa shape index (κ2) is 12.4. The lowest BCUT2D eigenvalue weighted by atomic mass is 10.0. The Labute approximate surface area is 237 Å². The van der Waals surface area contributed by atoms with Gasteiger partial charge in [-0.25, -0.2) is 17.5 Å². The maximum Gasteiger partial charge on any atom is 0.293 e. The van der Waals surface area contributed by atoms with Crippen LogP contribution in [0, 0.1) is 15.9 Å². The molecule has 0 radical (unpaired) electrons. The van der Waals surface area contributed by atoms with Gasteiger partial charge in [0, 0.05) is 33.3 Å². The molecule has 1 amide bonds. The van der Waals surface area contributed by atoms with Crippen LogP contribution in [0.1, 0.15) is 10.4 Å². The average molecular weight is 631 g/mol. The van der Waals surface area contributed by atoms with Gasteiger partial charge >= 0.3 is 0 Å². The molecule has 0 heterocycles. The van der Waals surface area contributed by atoms with Gasteiger partial charge in [0.2, 0.25) is 0 Å². The highest BCUT2D eigenvalue weighted by molar-refractivity contribution is 9.10. The molecule has 0 aliphatic rings. The summed E-state index contributed by atoms with van der Waals surface area (Å²) in [4.78, 5) is 24.2. The lowest BCUT2D eigenvalue weighted by Gasteiger charge is -2.11. The lowest BCUT2D eigenvalue weighted by molar-refractivity contribution is -0.384. The number of hydrogen-bond acceptors (Lipinski definition) is 7. The van der Waals surface area contributed by atoms with Crippen molar-refractivity contribution in [1.82, 2.24) is 4.72 Å². The van der Waals surface area contributed by atoms with Gasteiger partial charge in [-0.15, -0.1) is 11.8 Å². The molecule has 4 rings (SSSR count). The molecule has 0 aliphatic heterocycles. The van der Waals surface area contributed by atoms with Crippen molar-refractivity contribution >= 4 is 55.0 Å². The van der Waals surface area contributed by atoms with Crippen LogP contribution < -0.4 is 10.0 Å². The third kappa shape index (κ3) is 7.22. The van der Waals surface area contributed by atoms with E-state index >= 15 is 0 Å². The topological polar surface area (TPSA) is 118 Å². The molecule has 0 atom stereocenters. The molecule has 0 bridgehead atoms. The molecule has 200 valence electrons. The molecule has 0 fully saturated rings. The highest BCUT2D eigenvalue weighted by Gasteiger charge is 2.24. The van der Waals surface area contributed by atoms with Crippen molar-refractivity contribution in [2.45, 2.75) is 9.79 Å². The van der Waals surface area contributed by atoms with Crippen LogP contribution >= 0.6 is 27.7 Å². The molecule has 12 heteroatoms. The first-order valence-corrected chi connectivity index (χ1v) is 14.7. The van der Waals surface area contributed by atoms with Crippen LogP contribution in [0.2, 0.25) is 0 Å². The van der Waals surface area contributed by atoms with Gasteiger partial charge in [0.1, 0.15) is 11.5 Å². The number of carbonyl (C=O) groups excluding carboxylic acids is 1. The minimum absolute atomic E-state index is 0.0692. The molecule has 0 spiro atoms. The van der Waals surface area contributed by atoms with Crippen molar-refractivity contribution < 1.29 is 22.5 Å². The van der Waals surface area contributed by atoms with E-state index in [0.717, 1.165) is 21.0 Å². The molecular formula is C27H21BrFN3O5S2. The SMILES string of the molecule is O=C(NS(=O)(=O)c1ccc(NCCSc2ccccc2Br)c([N+](=O)[O-])c1)c1ccc(-c2ccc(F)cc2)cc1. The fourth-order valence-electron chi connectivity index (χ4n) is 3.58. The van der Waals surface area contributed by atoms with E-state index in [1.165, 1.54) is 36.4 Å². The van der Waals surface area contributed by atoms with Gasteiger partial charge in [0.25, 0.3) is 21.6 Å². The fourth-order valence-corrected chi connectivity index (χ4v) is 6.01. The Hall–Kier alpha value is -3.74. The van der Waals surface area contributed by atoms with Crippen molar-refractivity contribution in [3.8, 4) is 11.1 Å². The number of anilines is 1. The van der Waals surface area contributed by atoms with Crippen molar-refractivity contribution in [2.24, 2.45) is 0 Å². The second-order valence-corrected chi connectivity index (χ2v) is 11.8. The first kappa shape index (κ1) is 28.3. The Bertz CT molecular complexity index is 1620. The molecular weight excluding hydrogens is 609 g/mol. The number of halogens is 2. The van der Waals surface area contributed by atoms with Gasteiger partial charge < -0.3 is 5.32 Å². The summed E-state index contributed by atoms with van der Waals surface area (Å²) in [5, 5.41) is 14.6. The van der Waals surface area contributed by atoms with E-state index in [4.69, 9.17) is 0 Å². The number of nitro benzene ring substituents is 1. The summed E-state index contributed by atoms with van der Waals surface area (Å²) in [6, 6.07) is 23.0. The first-order chi connectivity index (χ1) is 18.6. The zero-order valence-electron chi connectivity index (χ0n) is 20.1.